The average molecular weight is 295 g/mol. The summed E-state index contributed by atoms with van der Waals surface area (Å²) in [6.45, 7) is 5.06. The van der Waals surface area contributed by atoms with Crippen molar-refractivity contribution in [3.8, 4) is 0 Å². The Hall–Kier alpha value is -1.05. The lowest BCUT2D eigenvalue weighted by Gasteiger charge is -2.25. The number of hydrazine groups is 1. The smallest absolute Gasteiger partial charge is 0.174 e. The van der Waals surface area contributed by atoms with Gasteiger partial charge in [0.25, 0.3) is 0 Å². The molecule has 1 aromatic heterocycles. The second kappa shape index (κ2) is 7.66. The van der Waals surface area contributed by atoms with Crippen molar-refractivity contribution >= 4 is 21.6 Å². The zero-order chi connectivity index (χ0) is 14.4. The highest BCUT2D eigenvalue weighted by molar-refractivity contribution is 7.18. The monoisotopic (exact) mass is 295 g/mol. The minimum atomic E-state index is -0.359. The van der Waals surface area contributed by atoms with Crippen molar-refractivity contribution < 1.29 is 9.47 Å². The summed E-state index contributed by atoms with van der Waals surface area (Å²) in [5, 5.41) is 1.03. The number of rotatable bonds is 8. The van der Waals surface area contributed by atoms with E-state index in [9.17, 15) is 0 Å². The van der Waals surface area contributed by atoms with E-state index in [2.05, 4.69) is 16.5 Å². The molecule has 2 rings (SSSR count). The van der Waals surface area contributed by atoms with Crippen LogP contribution in [-0.4, -0.2) is 30.5 Å². The SMILES string of the molecule is CCOC(OCC)C(Cc1nc2ccccc2s1)NN. The third-order valence-electron chi connectivity index (χ3n) is 2.94. The summed E-state index contributed by atoms with van der Waals surface area (Å²) in [7, 11) is 0. The van der Waals surface area contributed by atoms with Gasteiger partial charge in [-0.15, -0.1) is 11.3 Å². The molecule has 6 heteroatoms. The molecule has 0 spiro atoms. The van der Waals surface area contributed by atoms with Gasteiger partial charge in [-0.1, -0.05) is 12.1 Å². The molecule has 1 unspecified atom stereocenters. The topological polar surface area (TPSA) is 69.4 Å². The molecular weight excluding hydrogens is 274 g/mol. The molecule has 1 aromatic carbocycles. The van der Waals surface area contributed by atoms with Crippen molar-refractivity contribution in [3.05, 3.63) is 29.3 Å². The van der Waals surface area contributed by atoms with E-state index in [1.807, 2.05) is 32.0 Å². The average Bonchev–Trinajstić information content (AvgIpc) is 2.87. The van der Waals surface area contributed by atoms with Gasteiger partial charge in [-0.3, -0.25) is 11.3 Å². The second-order valence-corrected chi connectivity index (χ2v) is 5.45. The Labute approximate surface area is 123 Å². The number of thiazole rings is 1. The molecule has 0 aliphatic carbocycles. The summed E-state index contributed by atoms with van der Waals surface area (Å²) in [4.78, 5) is 4.61. The van der Waals surface area contributed by atoms with Gasteiger partial charge >= 0.3 is 0 Å². The normalized spacial score (nSPS) is 13.2. The molecular formula is C14H21N3O2S. The van der Waals surface area contributed by atoms with Crippen LogP contribution in [0.3, 0.4) is 0 Å². The number of benzene rings is 1. The number of nitrogens with zero attached hydrogens (tertiary/aromatic N) is 1. The number of nitrogens with one attached hydrogen (secondary N) is 1. The Morgan fingerprint density at radius 2 is 1.95 bits per heavy atom. The fourth-order valence-electron chi connectivity index (χ4n) is 2.04. The molecule has 0 fully saturated rings. The molecule has 1 atom stereocenters. The van der Waals surface area contributed by atoms with E-state index in [-0.39, 0.29) is 12.3 Å². The maximum absolute atomic E-state index is 5.64. The number of aromatic nitrogens is 1. The lowest BCUT2D eigenvalue weighted by Crippen LogP contribution is -2.48. The first-order valence-corrected chi connectivity index (χ1v) is 7.63. The van der Waals surface area contributed by atoms with Crippen LogP contribution in [0, 0.1) is 0 Å². The van der Waals surface area contributed by atoms with Gasteiger partial charge in [0.05, 0.1) is 21.3 Å². The zero-order valence-corrected chi connectivity index (χ0v) is 12.7. The highest BCUT2D eigenvalue weighted by Crippen LogP contribution is 2.23. The fraction of sp³-hybridized carbons (Fsp3) is 0.500. The van der Waals surface area contributed by atoms with E-state index in [1.54, 1.807) is 11.3 Å². The van der Waals surface area contributed by atoms with Crippen LogP contribution in [0.4, 0.5) is 0 Å². The van der Waals surface area contributed by atoms with E-state index in [0.29, 0.717) is 19.6 Å². The van der Waals surface area contributed by atoms with Gasteiger partial charge in [0.2, 0.25) is 0 Å². The number of hydrogen-bond acceptors (Lipinski definition) is 6. The molecule has 0 aliphatic heterocycles. The van der Waals surface area contributed by atoms with Crippen molar-refractivity contribution in [3.63, 3.8) is 0 Å². The summed E-state index contributed by atoms with van der Waals surface area (Å²) < 4.78 is 12.4. The summed E-state index contributed by atoms with van der Waals surface area (Å²) in [6, 6.07) is 7.99. The van der Waals surface area contributed by atoms with Crippen molar-refractivity contribution in [2.75, 3.05) is 13.2 Å². The minimum absolute atomic E-state index is 0.115. The van der Waals surface area contributed by atoms with Crippen molar-refractivity contribution in [2.45, 2.75) is 32.6 Å². The Bertz CT molecular complexity index is 493. The first-order chi connectivity index (χ1) is 9.78. The van der Waals surface area contributed by atoms with Gasteiger partial charge in [-0.05, 0) is 26.0 Å². The summed E-state index contributed by atoms with van der Waals surface area (Å²) in [5.41, 5.74) is 3.80. The molecule has 0 saturated carbocycles. The predicted molar refractivity (Wildman–Crippen MR) is 81.5 cm³/mol. The maximum Gasteiger partial charge on any atom is 0.174 e. The first kappa shape index (κ1) is 15.3. The summed E-state index contributed by atoms with van der Waals surface area (Å²) >= 11 is 1.68. The van der Waals surface area contributed by atoms with E-state index in [1.165, 1.54) is 4.70 Å². The predicted octanol–water partition coefficient (Wildman–Crippen LogP) is 2.07. The Morgan fingerprint density at radius 3 is 2.55 bits per heavy atom. The van der Waals surface area contributed by atoms with Crippen molar-refractivity contribution in [2.24, 2.45) is 5.84 Å². The quantitative estimate of drug-likeness (QED) is 0.443. The number of fused-ring (bicyclic) bond motifs is 1. The van der Waals surface area contributed by atoms with Crippen molar-refractivity contribution in [1.82, 2.24) is 10.4 Å². The van der Waals surface area contributed by atoms with E-state index >= 15 is 0 Å². The van der Waals surface area contributed by atoms with E-state index in [4.69, 9.17) is 15.3 Å². The van der Waals surface area contributed by atoms with Crippen LogP contribution in [0.1, 0.15) is 18.9 Å². The third kappa shape index (κ3) is 3.74. The third-order valence-corrected chi connectivity index (χ3v) is 4.00. The van der Waals surface area contributed by atoms with Crippen LogP contribution in [0.25, 0.3) is 10.2 Å². The lowest BCUT2D eigenvalue weighted by atomic mass is 10.2. The van der Waals surface area contributed by atoms with Crippen LogP contribution in [0.2, 0.25) is 0 Å². The van der Waals surface area contributed by atoms with Crippen molar-refractivity contribution in [1.29, 1.82) is 0 Å². The standard InChI is InChI=1S/C14H21N3O2S/c1-3-18-14(19-4-2)11(17-15)9-13-16-10-7-5-6-8-12(10)20-13/h5-8,11,14,17H,3-4,9,15H2,1-2H3. The molecule has 0 aliphatic rings. The van der Waals surface area contributed by atoms with E-state index in [0.717, 1.165) is 10.5 Å². The second-order valence-electron chi connectivity index (χ2n) is 4.33. The number of para-hydroxylation sites is 1. The molecule has 1 heterocycles. The Balaban J connectivity index is 2.11. The van der Waals surface area contributed by atoms with Gasteiger partial charge in [0.1, 0.15) is 0 Å². The number of nitrogens with two attached hydrogens (primary N) is 1. The molecule has 0 amide bonds. The van der Waals surface area contributed by atoms with Gasteiger partial charge in [-0.2, -0.15) is 0 Å². The molecule has 110 valence electrons. The fourth-order valence-corrected chi connectivity index (χ4v) is 3.06. The molecule has 0 radical (unpaired) electrons. The summed E-state index contributed by atoms with van der Waals surface area (Å²) in [6.07, 6.45) is 0.322. The maximum atomic E-state index is 5.64. The lowest BCUT2D eigenvalue weighted by molar-refractivity contribution is -0.153. The van der Waals surface area contributed by atoms with Gasteiger partial charge < -0.3 is 9.47 Å². The largest absolute Gasteiger partial charge is 0.351 e. The molecule has 5 nitrogen and oxygen atoms in total. The van der Waals surface area contributed by atoms with Crippen LogP contribution in [-0.2, 0) is 15.9 Å². The van der Waals surface area contributed by atoms with E-state index < -0.39 is 0 Å². The van der Waals surface area contributed by atoms with Gasteiger partial charge in [0.15, 0.2) is 6.29 Å². The van der Waals surface area contributed by atoms with Crippen LogP contribution in [0.15, 0.2) is 24.3 Å². The molecule has 2 aromatic rings. The zero-order valence-electron chi connectivity index (χ0n) is 11.8. The van der Waals surface area contributed by atoms with Crippen LogP contribution >= 0.6 is 11.3 Å². The Morgan fingerprint density at radius 1 is 1.25 bits per heavy atom. The Kier molecular flexibility index (Phi) is 5.87. The summed E-state index contributed by atoms with van der Waals surface area (Å²) in [5.74, 6) is 5.64. The highest BCUT2D eigenvalue weighted by atomic mass is 32.1. The van der Waals surface area contributed by atoms with Crippen LogP contribution < -0.4 is 11.3 Å². The number of hydrogen-bond donors (Lipinski definition) is 2. The van der Waals surface area contributed by atoms with Gasteiger partial charge in [0, 0.05) is 19.6 Å². The molecule has 3 N–H and O–H groups in total. The number of ether oxygens (including phenoxy) is 2. The highest BCUT2D eigenvalue weighted by Gasteiger charge is 2.23. The molecule has 20 heavy (non-hydrogen) atoms. The first-order valence-electron chi connectivity index (χ1n) is 6.82. The minimum Gasteiger partial charge on any atom is -0.351 e. The van der Waals surface area contributed by atoms with Crippen LogP contribution in [0.5, 0.6) is 0 Å². The molecule has 0 saturated heterocycles. The van der Waals surface area contributed by atoms with Gasteiger partial charge in [-0.25, -0.2) is 4.98 Å². The molecule has 0 bridgehead atoms.